The van der Waals surface area contributed by atoms with Gasteiger partial charge in [0, 0.05) is 11.8 Å². The normalized spacial score (nSPS) is 11.9. The lowest BCUT2D eigenvalue weighted by Crippen LogP contribution is -2.44. The minimum absolute atomic E-state index is 0.107. The van der Waals surface area contributed by atoms with E-state index < -0.39 is 34.9 Å². The van der Waals surface area contributed by atoms with Crippen molar-refractivity contribution >= 4 is 11.9 Å². The molecule has 1 aromatic carbocycles. The first-order valence-corrected chi connectivity index (χ1v) is 8.49. The lowest BCUT2D eigenvalue weighted by molar-refractivity contribution is -0.143. The third-order valence-electron chi connectivity index (χ3n) is 3.90. The summed E-state index contributed by atoms with van der Waals surface area (Å²) in [5.41, 5.74) is -0.573. The first-order chi connectivity index (χ1) is 12.7. The molecule has 0 bridgehead atoms. The molecule has 2 rings (SSSR count). The fraction of sp³-hybridized carbons (Fsp3) is 0.368. The highest BCUT2D eigenvalue weighted by Gasteiger charge is 2.25. The third-order valence-corrected chi connectivity index (χ3v) is 3.90. The number of hydrogen-bond acceptors (Lipinski definition) is 5. The molecular formula is C19H22FN3O4. The lowest BCUT2D eigenvalue weighted by atomic mass is 10.0. The maximum Gasteiger partial charge on any atom is 0.328 e. The van der Waals surface area contributed by atoms with Crippen LogP contribution < -0.4 is 10.7 Å². The van der Waals surface area contributed by atoms with E-state index in [1.165, 1.54) is 36.1 Å². The van der Waals surface area contributed by atoms with Gasteiger partial charge >= 0.3 is 5.97 Å². The summed E-state index contributed by atoms with van der Waals surface area (Å²) in [4.78, 5) is 36.7. The quantitative estimate of drug-likeness (QED) is 0.780. The van der Waals surface area contributed by atoms with Gasteiger partial charge in [-0.15, -0.1) is 0 Å². The van der Waals surface area contributed by atoms with E-state index in [1.807, 2.05) is 13.8 Å². The highest BCUT2D eigenvalue weighted by Crippen LogP contribution is 2.13. The molecule has 0 aliphatic carbocycles. The Kier molecular flexibility index (Phi) is 6.44. The number of ether oxygens (including phenoxy) is 1. The Morgan fingerprint density at radius 2 is 1.96 bits per heavy atom. The Morgan fingerprint density at radius 3 is 2.56 bits per heavy atom. The van der Waals surface area contributed by atoms with Crippen molar-refractivity contribution in [3.05, 3.63) is 57.8 Å². The minimum atomic E-state index is -0.910. The molecule has 8 heteroatoms. The summed E-state index contributed by atoms with van der Waals surface area (Å²) in [5, 5.41) is 6.51. The van der Waals surface area contributed by atoms with Crippen molar-refractivity contribution in [3.8, 4) is 5.69 Å². The van der Waals surface area contributed by atoms with Crippen LogP contribution in [0.5, 0.6) is 0 Å². The van der Waals surface area contributed by atoms with Gasteiger partial charge in [0.1, 0.15) is 17.5 Å². The van der Waals surface area contributed by atoms with Crippen LogP contribution in [0.2, 0.25) is 0 Å². The Morgan fingerprint density at radius 1 is 1.30 bits per heavy atom. The van der Waals surface area contributed by atoms with Gasteiger partial charge in [-0.05, 0) is 31.4 Å². The number of carbonyl (C=O) groups excluding carboxylic acids is 2. The number of nitrogens with one attached hydrogen (secondary N) is 1. The molecule has 0 aliphatic heterocycles. The van der Waals surface area contributed by atoms with Crippen molar-refractivity contribution in [3.63, 3.8) is 0 Å². The molecule has 1 heterocycles. The van der Waals surface area contributed by atoms with Gasteiger partial charge < -0.3 is 10.1 Å². The maximum absolute atomic E-state index is 14.1. The van der Waals surface area contributed by atoms with Gasteiger partial charge in [-0.1, -0.05) is 26.0 Å². The number of carbonyl (C=O) groups is 2. The molecule has 0 fully saturated rings. The fourth-order valence-corrected chi connectivity index (χ4v) is 2.63. The van der Waals surface area contributed by atoms with Crippen LogP contribution in [0.25, 0.3) is 5.69 Å². The smallest absolute Gasteiger partial charge is 0.328 e. The molecule has 0 spiro atoms. The summed E-state index contributed by atoms with van der Waals surface area (Å²) in [6.45, 7) is 5.35. The van der Waals surface area contributed by atoms with Crippen LogP contribution in [-0.2, 0) is 9.53 Å². The molecule has 0 saturated heterocycles. The van der Waals surface area contributed by atoms with Crippen LogP contribution in [0.3, 0.4) is 0 Å². The second-order valence-electron chi connectivity index (χ2n) is 6.54. The minimum Gasteiger partial charge on any atom is -0.467 e. The van der Waals surface area contributed by atoms with Crippen LogP contribution in [0.15, 0.2) is 35.1 Å². The molecule has 1 atom stereocenters. The summed E-state index contributed by atoms with van der Waals surface area (Å²) < 4.78 is 20.0. The van der Waals surface area contributed by atoms with Gasteiger partial charge in [-0.2, -0.15) is 5.10 Å². The molecule has 1 N–H and O–H groups in total. The highest BCUT2D eigenvalue weighted by molar-refractivity contribution is 5.95. The molecule has 2 aromatic rings. The molecule has 27 heavy (non-hydrogen) atoms. The second-order valence-corrected chi connectivity index (χ2v) is 6.54. The number of methoxy groups -OCH3 is 1. The van der Waals surface area contributed by atoms with Gasteiger partial charge in [0.05, 0.1) is 7.11 Å². The van der Waals surface area contributed by atoms with Gasteiger partial charge in [0.2, 0.25) is 5.43 Å². The maximum atomic E-state index is 14.1. The Balaban J connectivity index is 2.41. The molecule has 144 valence electrons. The SMILES string of the molecule is COC(=O)[C@H](CC(C)C)NC(=O)c1nn(-c2ccccc2F)c(C)cc1=O. The van der Waals surface area contributed by atoms with E-state index in [9.17, 15) is 18.8 Å². The van der Waals surface area contributed by atoms with E-state index in [1.54, 1.807) is 13.0 Å². The molecule has 7 nitrogen and oxygen atoms in total. The Bertz CT molecular complexity index is 908. The molecule has 1 amide bonds. The highest BCUT2D eigenvalue weighted by atomic mass is 19.1. The molecular weight excluding hydrogens is 353 g/mol. The van der Waals surface area contributed by atoms with Crippen LogP contribution in [0, 0.1) is 18.7 Å². The predicted molar refractivity (Wildman–Crippen MR) is 97.3 cm³/mol. The summed E-state index contributed by atoms with van der Waals surface area (Å²) >= 11 is 0. The molecule has 1 aromatic heterocycles. The Hall–Kier alpha value is -3.03. The monoisotopic (exact) mass is 375 g/mol. The van der Waals surface area contributed by atoms with Crippen molar-refractivity contribution in [1.29, 1.82) is 0 Å². The van der Waals surface area contributed by atoms with E-state index in [-0.39, 0.29) is 11.6 Å². The average Bonchev–Trinajstić information content (AvgIpc) is 2.61. The first-order valence-electron chi connectivity index (χ1n) is 8.49. The number of esters is 1. The largest absolute Gasteiger partial charge is 0.467 e. The standard InChI is InChI=1S/C19H22FN3O4/c1-11(2)9-14(19(26)27-4)21-18(25)17-16(24)10-12(3)23(22-17)15-8-6-5-7-13(15)20/h5-8,10-11,14H,9H2,1-4H3,(H,21,25)/t14-/m0/s1. The van der Waals surface area contributed by atoms with Crippen molar-refractivity contribution in [2.75, 3.05) is 7.11 Å². The molecule has 0 radical (unpaired) electrons. The van der Waals surface area contributed by atoms with Gasteiger partial charge in [0.25, 0.3) is 5.91 Å². The van der Waals surface area contributed by atoms with Crippen molar-refractivity contribution in [2.45, 2.75) is 33.2 Å². The van der Waals surface area contributed by atoms with Crippen LogP contribution >= 0.6 is 0 Å². The third kappa shape index (κ3) is 4.78. The summed E-state index contributed by atoms with van der Waals surface area (Å²) in [6.07, 6.45) is 0.339. The van der Waals surface area contributed by atoms with Crippen LogP contribution in [0.1, 0.15) is 36.5 Å². The average molecular weight is 375 g/mol. The number of aryl methyl sites for hydroxylation is 1. The van der Waals surface area contributed by atoms with Gasteiger partial charge in [-0.25, -0.2) is 13.9 Å². The van der Waals surface area contributed by atoms with E-state index >= 15 is 0 Å². The fourth-order valence-electron chi connectivity index (χ4n) is 2.63. The number of benzene rings is 1. The number of hydrogen-bond donors (Lipinski definition) is 1. The zero-order valence-electron chi connectivity index (χ0n) is 15.7. The first kappa shape index (κ1) is 20.3. The topological polar surface area (TPSA) is 90.3 Å². The summed E-state index contributed by atoms with van der Waals surface area (Å²) in [5.74, 6) is -1.87. The molecule has 0 unspecified atom stereocenters. The second kappa shape index (κ2) is 8.57. The Labute approximate surface area is 156 Å². The zero-order chi connectivity index (χ0) is 20.1. The van der Waals surface area contributed by atoms with Gasteiger partial charge in [0.15, 0.2) is 5.69 Å². The van der Waals surface area contributed by atoms with E-state index in [0.29, 0.717) is 12.1 Å². The number of para-hydroxylation sites is 1. The van der Waals surface area contributed by atoms with Gasteiger partial charge in [-0.3, -0.25) is 9.59 Å². The number of aromatic nitrogens is 2. The van der Waals surface area contributed by atoms with Crippen molar-refractivity contribution in [2.24, 2.45) is 5.92 Å². The lowest BCUT2D eigenvalue weighted by Gasteiger charge is -2.18. The zero-order valence-corrected chi connectivity index (χ0v) is 15.7. The molecule has 0 saturated carbocycles. The van der Waals surface area contributed by atoms with E-state index in [0.717, 1.165) is 0 Å². The summed E-state index contributed by atoms with van der Waals surface area (Å²) in [7, 11) is 1.22. The van der Waals surface area contributed by atoms with Crippen molar-refractivity contribution < 1.29 is 18.7 Å². The molecule has 0 aliphatic rings. The number of rotatable bonds is 6. The van der Waals surface area contributed by atoms with E-state index in [4.69, 9.17) is 4.74 Å². The van der Waals surface area contributed by atoms with Crippen LogP contribution in [0.4, 0.5) is 4.39 Å². The predicted octanol–water partition coefficient (Wildman–Crippen LogP) is 2.00. The van der Waals surface area contributed by atoms with Crippen LogP contribution in [-0.4, -0.2) is 34.8 Å². The number of nitrogens with zero attached hydrogens (tertiary/aromatic N) is 2. The summed E-state index contributed by atoms with van der Waals surface area (Å²) in [6, 6.07) is 6.17. The number of amides is 1. The van der Waals surface area contributed by atoms with Crippen molar-refractivity contribution in [1.82, 2.24) is 15.1 Å². The number of halogens is 1. The van der Waals surface area contributed by atoms with E-state index in [2.05, 4.69) is 10.4 Å².